The Labute approximate surface area is 104 Å². The molecule has 0 spiro atoms. The van der Waals surface area contributed by atoms with Gasteiger partial charge in [0.2, 0.25) is 0 Å². The Morgan fingerprint density at radius 3 is 2.33 bits per heavy atom. The van der Waals surface area contributed by atoms with Crippen LogP contribution in [0.25, 0.3) is 10.9 Å². The van der Waals surface area contributed by atoms with Crippen LogP contribution in [0.1, 0.15) is 5.56 Å². The van der Waals surface area contributed by atoms with E-state index in [2.05, 4.69) is 15.9 Å². The van der Waals surface area contributed by atoms with Crippen molar-refractivity contribution in [3.63, 3.8) is 0 Å². The summed E-state index contributed by atoms with van der Waals surface area (Å²) < 4.78 is 50.6. The van der Waals surface area contributed by atoms with Crippen LogP contribution in [0.15, 0.2) is 20.1 Å². The van der Waals surface area contributed by atoms with E-state index >= 15 is 0 Å². The molecule has 0 unspecified atom stereocenters. The van der Waals surface area contributed by atoms with Gasteiger partial charge in [-0.1, -0.05) is 0 Å². The Balaban J connectivity index is 3.02. The molecule has 4 nitrogen and oxygen atoms in total. The highest BCUT2D eigenvalue weighted by molar-refractivity contribution is 9.10. The number of H-pyrrole nitrogens is 2. The molecule has 1 aromatic carbocycles. The third-order valence-electron chi connectivity index (χ3n) is 2.22. The molecule has 0 radical (unpaired) electrons. The normalized spacial score (nSPS) is 12.1. The molecule has 96 valence electrons. The largest absolute Gasteiger partial charge is 0.417 e. The molecule has 1 heterocycles. The Hall–Kier alpha value is -1.64. The number of aromatic amines is 2. The number of aromatic nitrogens is 2. The molecular weight excluding hydrogens is 324 g/mol. The van der Waals surface area contributed by atoms with Crippen LogP contribution in [0.3, 0.4) is 0 Å². The lowest BCUT2D eigenvalue weighted by Crippen LogP contribution is -2.23. The van der Waals surface area contributed by atoms with Crippen molar-refractivity contribution in [3.05, 3.63) is 42.8 Å². The molecule has 0 aliphatic heterocycles. The van der Waals surface area contributed by atoms with Gasteiger partial charge in [0.25, 0.3) is 5.56 Å². The predicted molar refractivity (Wildman–Crippen MR) is 57.8 cm³/mol. The molecule has 18 heavy (non-hydrogen) atoms. The zero-order chi connectivity index (χ0) is 13.7. The van der Waals surface area contributed by atoms with E-state index in [0.717, 1.165) is 0 Å². The zero-order valence-electron chi connectivity index (χ0n) is 8.28. The molecule has 0 aliphatic rings. The van der Waals surface area contributed by atoms with Crippen molar-refractivity contribution in [1.82, 2.24) is 9.97 Å². The van der Waals surface area contributed by atoms with Crippen molar-refractivity contribution in [2.24, 2.45) is 0 Å². The number of rotatable bonds is 0. The Kier molecular flexibility index (Phi) is 2.80. The van der Waals surface area contributed by atoms with Crippen molar-refractivity contribution in [3.8, 4) is 0 Å². The van der Waals surface area contributed by atoms with Gasteiger partial charge < -0.3 is 4.98 Å². The topological polar surface area (TPSA) is 65.7 Å². The Morgan fingerprint density at radius 2 is 1.78 bits per heavy atom. The number of hydrogen-bond donors (Lipinski definition) is 2. The van der Waals surface area contributed by atoms with E-state index in [1.807, 2.05) is 4.98 Å². The van der Waals surface area contributed by atoms with Crippen LogP contribution in [-0.4, -0.2) is 9.97 Å². The van der Waals surface area contributed by atoms with Gasteiger partial charge in [-0.3, -0.25) is 9.78 Å². The Bertz CT molecular complexity index is 747. The summed E-state index contributed by atoms with van der Waals surface area (Å²) in [6, 6.07) is 0.470. The summed E-state index contributed by atoms with van der Waals surface area (Å²) in [5.41, 5.74) is -4.00. The number of halogens is 5. The van der Waals surface area contributed by atoms with E-state index in [1.54, 1.807) is 4.98 Å². The van der Waals surface area contributed by atoms with Crippen LogP contribution >= 0.6 is 15.9 Å². The van der Waals surface area contributed by atoms with Gasteiger partial charge in [0.15, 0.2) is 5.82 Å². The quantitative estimate of drug-likeness (QED) is 0.728. The first-order chi connectivity index (χ1) is 8.21. The lowest BCUT2D eigenvalue weighted by molar-refractivity contribution is -0.138. The predicted octanol–water partition coefficient (Wildman–Crippen LogP) is 2.14. The summed E-state index contributed by atoms with van der Waals surface area (Å²) in [4.78, 5) is 25.9. The number of hydrogen-bond acceptors (Lipinski definition) is 2. The van der Waals surface area contributed by atoms with Gasteiger partial charge in [0, 0.05) is 0 Å². The molecule has 0 aliphatic carbocycles. The standard InChI is InChI=1S/C9H3BrF4N2O2/c10-4-3(9(12,13)14)1-2-6(5(4)11)15-8(18)16-7(2)17/h1H,(H2,15,16,17,18). The number of fused-ring (bicyclic) bond motifs is 1. The summed E-state index contributed by atoms with van der Waals surface area (Å²) >= 11 is 2.46. The molecule has 0 fully saturated rings. The highest BCUT2D eigenvalue weighted by Gasteiger charge is 2.35. The fourth-order valence-corrected chi connectivity index (χ4v) is 1.99. The van der Waals surface area contributed by atoms with Crippen LogP contribution in [0.4, 0.5) is 17.6 Å². The molecule has 2 rings (SSSR count). The maximum atomic E-state index is 13.7. The first-order valence-corrected chi connectivity index (χ1v) is 5.22. The van der Waals surface area contributed by atoms with Crippen LogP contribution in [0, 0.1) is 5.82 Å². The monoisotopic (exact) mass is 326 g/mol. The van der Waals surface area contributed by atoms with Gasteiger partial charge in [-0.25, -0.2) is 9.18 Å². The van der Waals surface area contributed by atoms with E-state index in [4.69, 9.17) is 0 Å². The van der Waals surface area contributed by atoms with E-state index in [0.29, 0.717) is 6.07 Å². The first-order valence-electron chi connectivity index (χ1n) is 4.43. The highest BCUT2D eigenvalue weighted by atomic mass is 79.9. The molecule has 0 saturated heterocycles. The van der Waals surface area contributed by atoms with Crippen molar-refractivity contribution >= 4 is 26.8 Å². The van der Waals surface area contributed by atoms with Crippen LogP contribution < -0.4 is 11.2 Å². The fourth-order valence-electron chi connectivity index (χ4n) is 1.45. The lowest BCUT2D eigenvalue weighted by Gasteiger charge is -2.11. The van der Waals surface area contributed by atoms with Crippen molar-refractivity contribution in [2.75, 3.05) is 0 Å². The minimum Gasteiger partial charge on any atom is -0.304 e. The number of benzene rings is 1. The van der Waals surface area contributed by atoms with Crippen LogP contribution in [0.5, 0.6) is 0 Å². The third-order valence-corrected chi connectivity index (χ3v) is 3.00. The summed E-state index contributed by atoms with van der Waals surface area (Å²) in [6.45, 7) is 0. The van der Waals surface area contributed by atoms with Gasteiger partial charge in [-0.05, 0) is 22.0 Å². The van der Waals surface area contributed by atoms with E-state index in [1.165, 1.54) is 0 Å². The zero-order valence-corrected chi connectivity index (χ0v) is 9.87. The van der Waals surface area contributed by atoms with Gasteiger partial charge in [-0.2, -0.15) is 13.2 Å². The first kappa shape index (κ1) is 12.8. The van der Waals surface area contributed by atoms with E-state index < -0.39 is 44.2 Å². The average molecular weight is 327 g/mol. The number of alkyl halides is 3. The van der Waals surface area contributed by atoms with Gasteiger partial charge in [0.05, 0.1) is 20.9 Å². The summed E-state index contributed by atoms with van der Waals surface area (Å²) in [5, 5.41) is -0.581. The second-order valence-corrected chi connectivity index (χ2v) is 4.17. The van der Waals surface area contributed by atoms with Gasteiger partial charge in [0.1, 0.15) is 0 Å². The van der Waals surface area contributed by atoms with Crippen molar-refractivity contribution in [1.29, 1.82) is 0 Å². The molecule has 0 saturated carbocycles. The van der Waals surface area contributed by atoms with Crippen molar-refractivity contribution < 1.29 is 17.6 Å². The third kappa shape index (κ3) is 1.94. The molecule has 0 bridgehead atoms. The van der Waals surface area contributed by atoms with Crippen LogP contribution in [-0.2, 0) is 6.18 Å². The minimum atomic E-state index is -4.82. The smallest absolute Gasteiger partial charge is 0.304 e. The van der Waals surface area contributed by atoms with E-state index in [9.17, 15) is 27.2 Å². The highest BCUT2D eigenvalue weighted by Crippen LogP contribution is 2.37. The fraction of sp³-hybridized carbons (Fsp3) is 0.111. The lowest BCUT2D eigenvalue weighted by atomic mass is 10.1. The second-order valence-electron chi connectivity index (χ2n) is 3.38. The molecule has 2 N–H and O–H groups in total. The van der Waals surface area contributed by atoms with E-state index in [-0.39, 0.29) is 0 Å². The van der Waals surface area contributed by atoms with Crippen LogP contribution in [0.2, 0.25) is 0 Å². The van der Waals surface area contributed by atoms with Gasteiger partial charge in [-0.15, -0.1) is 0 Å². The molecular formula is C9H3BrF4N2O2. The van der Waals surface area contributed by atoms with Gasteiger partial charge >= 0.3 is 11.9 Å². The number of nitrogens with one attached hydrogen (secondary N) is 2. The molecule has 2 aromatic rings. The maximum absolute atomic E-state index is 13.7. The molecule has 0 amide bonds. The molecule has 9 heteroatoms. The summed E-state index contributed by atoms with van der Waals surface area (Å²) in [7, 11) is 0. The summed E-state index contributed by atoms with van der Waals surface area (Å²) in [6.07, 6.45) is -4.82. The second kappa shape index (κ2) is 3.94. The molecule has 0 atom stereocenters. The summed E-state index contributed by atoms with van der Waals surface area (Å²) in [5.74, 6) is -1.34. The average Bonchev–Trinajstić information content (AvgIpc) is 2.22. The Morgan fingerprint density at radius 1 is 1.17 bits per heavy atom. The van der Waals surface area contributed by atoms with Crippen molar-refractivity contribution in [2.45, 2.75) is 6.18 Å². The maximum Gasteiger partial charge on any atom is 0.417 e. The SMILES string of the molecule is O=c1[nH]c(=O)c2cc(C(F)(F)F)c(Br)c(F)c2[nH]1. The molecule has 1 aromatic heterocycles. The minimum absolute atomic E-state index is 0.470.